The Balaban J connectivity index is 2.51. The molecule has 0 aromatic carbocycles. The second-order valence-corrected chi connectivity index (χ2v) is 2.89. The summed E-state index contributed by atoms with van der Waals surface area (Å²) in [5, 5.41) is 0. The maximum absolute atomic E-state index is 11.2. The van der Waals surface area contributed by atoms with Gasteiger partial charge in [-0.05, 0) is 13.8 Å². The van der Waals surface area contributed by atoms with Crippen LogP contribution in [0.25, 0.3) is 0 Å². The fraction of sp³-hybridized carbons (Fsp3) is 0.556. The fourth-order valence-electron chi connectivity index (χ4n) is 1.21. The summed E-state index contributed by atoms with van der Waals surface area (Å²) in [7, 11) is 0. The molecule has 72 valence electrons. The van der Waals surface area contributed by atoms with Crippen LogP contribution in [-0.2, 0) is 14.3 Å². The molecule has 1 aliphatic rings. The van der Waals surface area contributed by atoms with Crippen LogP contribution in [0.2, 0.25) is 0 Å². The van der Waals surface area contributed by atoms with Crippen LogP contribution in [0.4, 0.5) is 0 Å². The van der Waals surface area contributed by atoms with Crippen molar-refractivity contribution in [3.63, 3.8) is 0 Å². The molecule has 0 bridgehead atoms. The minimum Gasteiger partial charge on any atom is -0.380 e. The zero-order valence-corrected chi connectivity index (χ0v) is 7.82. The molecule has 2 amide bonds. The van der Waals surface area contributed by atoms with E-state index in [0.29, 0.717) is 13.2 Å². The molecule has 0 saturated heterocycles. The molecular weight excluding hydrogens is 170 g/mol. The number of amides is 2. The largest absolute Gasteiger partial charge is 0.380 e. The summed E-state index contributed by atoms with van der Waals surface area (Å²) in [4.78, 5) is 23.5. The first kappa shape index (κ1) is 9.92. The summed E-state index contributed by atoms with van der Waals surface area (Å²) in [6, 6.07) is -0.185. The van der Waals surface area contributed by atoms with E-state index in [9.17, 15) is 9.59 Å². The number of ether oxygens (including phenoxy) is 1. The van der Waals surface area contributed by atoms with E-state index in [4.69, 9.17) is 4.74 Å². The zero-order valence-electron chi connectivity index (χ0n) is 7.82. The molecule has 0 radical (unpaired) electrons. The van der Waals surface area contributed by atoms with Crippen LogP contribution >= 0.6 is 0 Å². The molecule has 1 heterocycles. The van der Waals surface area contributed by atoms with Crippen molar-refractivity contribution in [2.75, 3.05) is 13.2 Å². The Hall–Kier alpha value is -1.16. The third-order valence-electron chi connectivity index (χ3n) is 1.85. The monoisotopic (exact) mass is 183 g/mol. The van der Waals surface area contributed by atoms with Gasteiger partial charge >= 0.3 is 0 Å². The minimum atomic E-state index is -0.253. The van der Waals surface area contributed by atoms with Crippen molar-refractivity contribution in [2.24, 2.45) is 0 Å². The van der Waals surface area contributed by atoms with Crippen LogP contribution in [-0.4, -0.2) is 36.0 Å². The molecular formula is C9H13NO3. The van der Waals surface area contributed by atoms with Gasteiger partial charge in [0.25, 0.3) is 11.8 Å². The molecule has 0 fully saturated rings. The number of imide groups is 1. The highest BCUT2D eigenvalue weighted by Gasteiger charge is 2.28. The van der Waals surface area contributed by atoms with Gasteiger partial charge in [-0.2, -0.15) is 0 Å². The van der Waals surface area contributed by atoms with Gasteiger partial charge < -0.3 is 4.74 Å². The second kappa shape index (κ2) is 4.18. The van der Waals surface area contributed by atoms with Crippen LogP contribution in [0.1, 0.15) is 13.8 Å². The summed E-state index contributed by atoms with van der Waals surface area (Å²) in [6.07, 6.45) is 2.57. The van der Waals surface area contributed by atoms with Gasteiger partial charge in [0.2, 0.25) is 0 Å². The lowest BCUT2D eigenvalue weighted by Gasteiger charge is -2.21. The Morgan fingerprint density at radius 2 is 1.92 bits per heavy atom. The topological polar surface area (TPSA) is 46.6 Å². The van der Waals surface area contributed by atoms with Gasteiger partial charge in [-0.1, -0.05) is 0 Å². The SMILES string of the molecule is CCOCC(C)N1C(=O)C=CC1=O. The van der Waals surface area contributed by atoms with Crippen molar-refractivity contribution in [3.8, 4) is 0 Å². The van der Waals surface area contributed by atoms with Crippen molar-refractivity contribution < 1.29 is 14.3 Å². The molecule has 1 rings (SSSR count). The van der Waals surface area contributed by atoms with E-state index < -0.39 is 0 Å². The molecule has 0 saturated carbocycles. The van der Waals surface area contributed by atoms with Crippen LogP contribution in [0.3, 0.4) is 0 Å². The molecule has 1 unspecified atom stereocenters. The summed E-state index contributed by atoms with van der Waals surface area (Å²) in [5.74, 6) is -0.505. The number of hydrogen-bond acceptors (Lipinski definition) is 3. The highest BCUT2D eigenvalue weighted by atomic mass is 16.5. The summed E-state index contributed by atoms with van der Waals surface area (Å²) in [6.45, 7) is 4.65. The lowest BCUT2D eigenvalue weighted by molar-refractivity contribution is -0.140. The van der Waals surface area contributed by atoms with Crippen LogP contribution in [0, 0.1) is 0 Å². The first-order valence-electron chi connectivity index (χ1n) is 4.29. The van der Waals surface area contributed by atoms with Crippen LogP contribution < -0.4 is 0 Å². The molecule has 1 atom stereocenters. The Bertz CT molecular complexity index is 229. The van der Waals surface area contributed by atoms with E-state index in [1.165, 1.54) is 17.1 Å². The predicted octanol–water partition coefficient (Wildman–Crippen LogP) is 0.336. The molecule has 1 aliphatic heterocycles. The quantitative estimate of drug-likeness (QED) is 0.590. The van der Waals surface area contributed by atoms with Crippen molar-refractivity contribution in [2.45, 2.75) is 19.9 Å². The lowest BCUT2D eigenvalue weighted by atomic mass is 10.3. The fourth-order valence-corrected chi connectivity index (χ4v) is 1.21. The van der Waals surface area contributed by atoms with E-state index in [1.54, 1.807) is 6.92 Å². The zero-order chi connectivity index (χ0) is 9.84. The van der Waals surface area contributed by atoms with Crippen molar-refractivity contribution in [1.82, 2.24) is 4.90 Å². The summed E-state index contributed by atoms with van der Waals surface area (Å²) in [5.41, 5.74) is 0. The van der Waals surface area contributed by atoms with Gasteiger partial charge in [0.15, 0.2) is 0 Å². The predicted molar refractivity (Wildman–Crippen MR) is 46.9 cm³/mol. The average molecular weight is 183 g/mol. The van der Waals surface area contributed by atoms with Gasteiger partial charge in [0.1, 0.15) is 0 Å². The van der Waals surface area contributed by atoms with E-state index in [0.717, 1.165) is 0 Å². The third kappa shape index (κ3) is 2.15. The van der Waals surface area contributed by atoms with E-state index in [-0.39, 0.29) is 17.9 Å². The highest BCUT2D eigenvalue weighted by Crippen LogP contribution is 2.08. The lowest BCUT2D eigenvalue weighted by Crippen LogP contribution is -2.40. The van der Waals surface area contributed by atoms with Crippen molar-refractivity contribution in [1.29, 1.82) is 0 Å². The van der Waals surface area contributed by atoms with Gasteiger partial charge in [-0.3, -0.25) is 14.5 Å². The number of rotatable bonds is 4. The molecule has 0 aliphatic carbocycles. The second-order valence-electron chi connectivity index (χ2n) is 2.89. The van der Waals surface area contributed by atoms with E-state index in [2.05, 4.69) is 0 Å². The van der Waals surface area contributed by atoms with Gasteiger partial charge in [0, 0.05) is 18.8 Å². The molecule has 0 N–H and O–H groups in total. The smallest absolute Gasteiger partial charge is 0.253 e. The van der Waals surface area contributed by atoms with Crippen LogP contribution in [0.5, 0.6) is 0 Å². The Labute approximate surface area is 77.2 Å². The third-order valence-corrected chi connectivity index (χ3v) is 1.85. The molecule has 13 heavy (non-hydrogen) atoms. The number of carbonyl (C=O) groups is 2. The van der Waals surface area contributed by atoms with Gasteiger partial charge in [-0.15, -0.1) is 0 Å². The van der Waals surface area contributed by atoms with Crippen molar-refractivity contribution in [3.05, 3.63) is 12.2 Å². The van der Waals surface area contributed by atoms with E-state index >= 15 is 0 Å². The molecule has 4 heteroatoms. The normalized spacial score (nSPS) is 18.5. The highest BCUT2D eigenvalue weighted by molar-refractivity contribution is 6.13. The maximum Gasteiger partial charge on any atom is 0.253 e. The average Bonchev–Trinajstić information content (AvgIpc) is 2.42. The number of nitrogens with zero attached hydrogens (tertiary/aromatic N) is 1. The first-order chi connectivity index (χ1) is 6.16. The van der Waals surface area contributed by atoms with Gasteiger partial charge in [0.05, 0.1) is 12.6 Å². The van der Waals surface area contributed by atoms with Crippen LogP contribution in [0.15, 0.2) is 12.2 Å². The first-order valence-corrected chi connectivity index (χ1v) is 4.29. The van der Waals surface area contributed by atoms with Gasteiger partial charge in [-0.25, -0.2) is 0 Å². The summed E-state index contributed by atoms with van der Waals surface area (Å²) < 4.78 is 5.13. The summed E-state index contributed by atoms with van der Waals surface area (Å²) >= 11 is 0. The van der Waals surface area contributed by atoms with Crippen molar-refractivity contribution >= 4 is 11.8 Å². The maximum atomic E-state index is 11.2. The number of hydrogen-bond donors (Lipinski definition) is 0. The molecule has 0 aromatic rings. The standard InChI is InChI=1S/C9H13NO3/c1-3-13-6-7(2)10-8(11)4-5-9(10)12/h4-5,7H,3,6H2,1-2H3. The molecule has 0 spiro atoms. The Morgan fingerprint density at radius 1 is 1.38 bits per heavy atom. The molecule has 4 nitrogen and oxygen atoms in total. The molecule has 0 aromatic heterocycles. The number of carbonyl (C=O) groups excluding carboxylic acids is 2. The Morgan fingerprint density at radius 3 is 2.38 bits per heavy atom. The minimum absolute atomic E-state index is 0.185. The van der Waals surface area contributed by atoms with E-state index in [1.807, 2.05) is 6.92 Å². The Kier molecular flexibility index (Phi) is 3.19.